The van der Waals surface area contributed by atoms with Crippen LogP contribution in [0.3, 0.4) is 0 Å². The van der Waals surface area contributed by atoms with Crippen molar-refractivity contribution in [3.05, 3.63) is 65.3 Å². The van der Waals surface area contributed by atoms with E-state index >= 15 is 0 Å². The van der Waals surface area contributed by atoms with Crippen molar-refractivity contribution in [1.82, 2.24) is 4.90 Å². The van der Waals surface area contributed by atoms with E-state index < -0.39 is 6.04 Å². The second-order valence-electron chi connectivity index (χ2n) is 7.89. The first-order chi connectivity index (χ1) is 14.2. The third kappa shape index (κ3) is 3.74. The molecule has 6 rings (SSSR count). The summed E-state index contributed by atoms with van der Waals surface area (Å²) in [4.78, 5) is 15.7. The van der Waals surface area contributed by atoms with Gasteiger partial charge in [0.2, 0.25) is 0 Å². The van der Waals surface area contributed by atoms with E-state index in [0.29, 0.717) is 11.6 Å². The molecule has 3 aromatic rings. The van der Waals surface area contributed by atoms with Crippen LogP contribution in [0.25, 0.3) is 10.1 Å². The minimum atomic E-state index is -0.677. The molecular weight excluding hydrogens is 387 g/mol. The monoisotopic (exact) mass is 410 g/mol. The first-order valence-corrected chi connectivity index (χ1v) is 11.0. The van der Waals surface area contributed by atoms with Crippen LogP contribution in [0, 0.1) is 11.7 Å². The van der Waals surface area contributed by atoms with Gasteiger partial charge < -0.3 is 10.1 Å². The molecule has 0 saturated carbocycles. The number of thiophene rings is 1. The van der Waals surface area contributed by atoms with Gasteiger partial charge in [-0.25, -0.2) is 9.18 Å². The molecule has 2 atom stereocenters. The van der Waals surface area contributed by atoms with Gasteiger partial charge in [0.1, 0.15) is 11.9 Å². The average molecular weight is 411 g/mol. The first kappa shape index (κ1) is 18.6. The summed E-state index contributed by atoms with van der Waals surface area (Å²) >= 11 is 1.60. The molecule has 150 valence electrons. The van der Waals surface area contributed by atoms with E-state index in [1.54, 1.807) is 23.5 Å². The third-order valence-electron chi connectivity index (χ3n) is 6.06. The maximum absolute atomic E-state index is 13.7. The van der Waals surface area contributed by atoms with Gasteiger partial charge in [-0.15, -0.1) is 11.3 Å². The van der Waals surface area contributed by atoms with Gasteiger partial charge in [-0.1, -0.05) is 24.3 Å². The SMILES string of the molecule is O=C(OC1CN2CCC1CC2)C(Nc1cccc(F)c1)c1csc2ccccc12. The van der Waals surface area contributed by atoms with E-state index in [2.05, 4.69) is 10.2 Å². The van der Waals surface area contributed by atoms with Gasteiger partial charge >= 0.3 is 5.97 Å². The third-order valence-corrected chi connectivity index (χ3v) is 7.04. The number of nitrogens with zero attached hydrogens (tertiary/aromatic N) is 1. The van der Waals surface area contributed by atoms with Crippen molar-refractivity contribution < 1.29 is 13.9 Å². The Morgan fingerprint density at radius 3 is 2.76 bits per heavy atom. The largest absolute Gasteiger partial charge is 0.459 e. The highest BCUT2D eigenvalue weighted by molar-refractivity contribution is 7.17. The van der Waals surface area contributed by atoms with Crippen LogP contribution in [-0.2, 0) is 9.53 Å². The molecule has 3 saturated heterocycles. The lowest BCUT2D eigenvalue weighted by Gasteiger charge is -2.44. The molecule has 1 aromatic heterocycles. The van der Waals surface area contributed by atoms with Crippen molar-refractivity contribution in [2.24, 2.45) is 5.92 Å². The van der Waals surface area contributed by atoms with E-state index in [9.17, 15) is 9.18 Å². The number of carbonyl (C=O) groups is 1. The van der Waals surface area contributed by atoms with E-state index in [1.165, 1.54) is 12.1 Å². The number of fused-ring (bicyclic) bond motifs is 4. The van der Waals surface area contributed by atoms with Crippen LogP contribution in [0.15, 0.2) is 53.9 Å². The predicted octanol–water partition coefficient (Wildman–Crippen LogP) is 4.83. The van der Waals surface area contributed by atoms with Crippen LogP contribution in [-0.4, -0.2) is 36.6 Å². The second kappa shape index (κ2) is 7.76. The molecule has 0 aliphatic carbocycles. The van der Waals surface area contributed by atoms with Crippen molar-refractivity contribution in [3.63, 3.8) is 0 Å². The molecule has 0 amide bonds. The lowest BCUT2D eigenvalue weighted by molar-refractivity contribution is -0.159. The molecule has 3 aliphatic heterocycles. The van der Waals surface area contributed by atoms with Gasteiger partial charge in [0.25, 0.3) is 0 Å². The van der Waals surface area contributed by atoms with Crippen LogP contribution >= 0.6 is 11.3 Å². The number of esters is 1. The number of piperidine rings is 3. The summed E-state index contributed by atoms with van der Waals surface area (Å²) in [7, 11) is 0. The predicted molar refractivity (Wildman–Crippen MR) is 114 cm³/mol. The zero-order valence-electron chi connectivity index (χ0n) is 16.0. The Labute approximate surface area is 173 Å². The molecular formula is C23H23FN2O2S. The van der Waals surface area contributed by atoms with Gasteiger partial charge in [-0.2, -0.15) is 0 Å². The number of hydrogen-bond donors (Lipinski definition) is 1. The highest BCUT2D eigenvalue weighted by atomic mass is 32.1. The van der Waals surface area contributed by atoms with Crippen molar-refractivity contribution in [3.8, 4) is 0 Å². The maximum Gasteiger partial charge on any atom is 0.333 e. The summed E-state index contributed by atoms with van der Waals surface area (Å²) in [5.74, 6) is -0.191. The van der Waals surface area contributed by atoms with Crippen molar-refractivity contribution in [1.29, 1.82) is 0 Å². The van der Waals surface area contributed by atoms with Crippen LogP contribution in [0.2, 0.25) is 0 Å². The second-order valence-corrected chi connectivity index (χ2v) is 8.80. The Morgan fingerprint density at radius 2 is 2.00 bits per heavy atom. The molecule has 0 spiro atoms. The van der Waals surface area contributed by atoms with Gasteiger partial charge in [0.05, 0.1) is 0 Å². The number of nitrogens with one attached hydrogen (secondary N) is 1. The molecule has 6 heteroatoms. The molecule has 3 fully saturated rings. The van der Waals surface area contributed by atoms with E-state index in [0.717, 1.165) is 48.1 Å². The average Bonchev–Trinajstić information content (AvgIpc) is 3.17. The number of anilines is 1. The fraction of sp³-hybridized carbons (Fsp3) is 0.348. The Hall–Kier alpha value is -2.44. The van der Waals surface area contributed by atoms with E-state index in [1.807, 2.05) is 29.6 Å². The fourth-order valence-corrected chi connectivity index (χ4v) is 5.48. The van der Waals surface area contributed by atoms with Crippen molar-refractivity contribution >= 4 is 33.1 Å². The summed E-state index contributed by atoms with van der Waals surface area (Å²) < 4.78 is 20.9. The van der Waals surface area contributed by atoms with Gasteiger partial charge in [0.15, 0.2) is 6.04 Å². The summed E-state index contributed by atoms with van der Waals surface area (Å²) in [5.41, 5.74) is 1.44. The summed E-state index contributed by atoms with van der Waals surface area (Å²) in [6.07, 6.45) is 2.11. The summed E-state index contributed by atoms with van der Waals surface area (Å²) in [6, 6.07) is 13.5. The normalized spacial score (nSPS) is 24.4. The van der Waals surface area contributed by atoms with Crippen LogP contribution in [0.5, 0.6) is 0 Å². The number of halogens is 1. The maximum atomic E-state index is 13.7. The Bertz CT molecular complexity index is 1030. The minimum absolute atomic E-state index is 0.0632. The summed E-state index contributed by atoms with van der Waals surface area (Å²) in [5, 5.41) is 6.25. The number of hydrogen-bond acceptors (Lipinski definition) is 5. The van der Waals surface area contributed by atoms with Gasteiger partial charge in [0, 0.05) is 22.5 Å². The molecule has 4 heterocycles. The molecule has 2 aromatic carbocycles. The van der Waals surface area contributed by atoms with Crippen LogP contribution < -0.4 is 5.32 Å². The quantitative estimate of drug-likeness (QED) is 0.612. The molecule has 2 unspecified atom stereocenters. The van der Waals surface area contributed by atoms with E-state index in [4.69, 9.17) is 4.74 Å². The zero-order valence-corrected chi connectivity index (χ0v) is 16.8. The smallest absolute Gasteiger partial charge is 0.333 e. The summed E-state index contributed by atoms with van der Waals surface area (Å²) in [6.45, 7) is 3.01. The van der Waals surface area contributed by atoms with Crippen molar-refractivity contribution in [2.75, 3.05) is 25.0 Å². The molecule has 3 aliphatic rings. The zero-order chi connectivity index (χ0) is 19.8. The van der Waals surface area contributed by atoms with Gasteiger partial charge in [-0.3, -0.25) is 4.90 Å². The number of rotatable bonds is 5. The number of benzene rings is 2. The molecule has 2 bridgehead atoms. The first-order valence-electron chi connectivity index (χ1n) is 10.1. The van der Waals surface area contributed by atoms with Gasteiger partial charge in [-0.05, 0) is 66.9 Å². The Balaban J connectivity index is 1.45. The Kier molecular flexibility index (Phi) is 4.97. The Morgan fingerprint density at radius 1 is 1.17 bits per heavy atom. The molecule has 4 nitrogen and oxygen atoms in total. The lowest BCUT2D eigenvalue weighted by atomic mass is 9.86. The minimum Gasteiger partial charge on any atom is -0.459 e. The molecule has 0 radical (unpaired) electrons. The topological polar surface area (TPSA) is 41.6 Å². The number of ether oxygens (including phenoxy) is 1. The van der Waals surface area contributed by atoms with Crippen LogP contribution in [0.4, 0.5) is 10.1 Å². The standard InChI is InChI=1S/C23H23FN2O2S/c24-16-4-3-5-17(12-16)25-22(19-14-29-21-7-2-1-6-18(19)21)23(27)28-20-13-26-10-8-15(20)9-11-26/h1-7,12,14-15,20,22,25H,8-11,13H2. The van der Waals surface area contributed by atoms with Crippen molar-refractivity contribution in [2.45, 2.75) is 25.0 Å². The van der Waals surface area contributed by atoms with Crippen LogP contribution in [0.1, 0.15) is 24.4 Å². The van der Waals surface area contributed by atoms with E-state index in [-0.39, 0.29) is 17.9 Å². The lowest BCUT2D eigenvalue weighted by Crippen LogP contribution is -2.52. The molecule has 29 heavy (non-hydrogen) atoms. The number of carbonyl (C=O) groups excluding carboxylic acids is 1. The highest BCUT2D eigenvalue weighted by Gasteiger charge is 2.38. The fourth-order valence-electron chi connectivity index (χ4n) is 4.49. The highest BCUT2D eigenvalue weighted by Crippen LogP contribution is 2.35. The molecule has 1 N–H and O–H groups in total.